The molecule has 0 spiro atoms. The lowest BCUT2D eigenvalue weighted by Gasteiger charge is -2.18. The van der Waals surface area contributed by atoms with Crippen LogP contribution in [0.5, 0.6) is 5.75 Å². The first-order valence-electron chi connectivity index (χ1n) is 7.37. The number of aliphatic hydroxyl groups excluding tert-OH is 1. The SMILES string of the molecule is COc1ccccc1C[C@H](CO)NS(=O)(=O)c1ccccc1[N+](=O)[O-]. The van der Waals surface area contributed by atoms with E-state index >= 15 is 0 Å². The molecule has 0 saturated heterocycles. The summed E-state index contributed by atoms with van der Waals surface area (Å²) in [5.41, 5.74) is 0.179. The lowest BCUT2D eigenvalue weighted by Crippen LogP contribution is -2.39. The number of sulfonamides is 1. The molecule has 0 saturated carbocycles. The number of nitro benzene ring substituents is 1. The molecule has 0 aliphatic carbocycles. The predicted molar refractivity (Wildman–Crippen MR) is 91.0 cm³/mol. The van der Waals surface area contributed by atoms with Crippen molar-refractivity contribution in [2.75, 3.05) is 13.7 Å². The number of aliphatic hydroxyl groups is 1. The summed E-state index contributed by atoms with van der Waals surface area (Å²) in [6, 6.07) is 11.2. The Bertz CT molecular complexity index is 853. The largest absolute Gasteiger partial charge is 0.496 e. The molecule has 0 radical (unpaired) electrons. The number of methoxy groups -OCH3 is 1. The highest BCUT2D eigenvalue weighted by Crippen LogP contribution is 2.24. The summed E-state index contributed by atoms with van der Waals surface area (Å²) in [4.78, 5) is 9.84. The predicted octanol–water partition coefficient (Wildman–Crippen LogP) is 1.49. The Morgan fingerprint density at radius 3 is 2.48 bits per heavy atom. The van der Waals surface area contributed by atoms with Crippen LogP contribution in [-0.4, -0.2) is 38.2 Å². The van der Waals surface area contributed by atoms with Crippen LogP contribution in [-0.2, 0) is 16.4 Å². The van der Waals surface area contributed by atoms with Crippen molar-refractivity contribution in [1.29, 1.82) is 0 Å². The molecule has 25 heavy (non-hydrogen) atoms. The molecule has 0 fully saturated rings. The van der Waals surface area contributed by atoms with Gasteiger partial charge in [0.1, 0.15) is 5.75 Å². The number of hydrogen-bond acceptors (Lipinski definition) is 6. The van der Waals surface area contributed by atoms with E-state index in [2.05, 4.69) is 4.72 Å². The minimum absolute atomic E-state index is 0.167. The van der Waals surface area contributed by atoms with E-state index in [1.54, 1.807) is 24.3 Å². The van der Waals surface area contributed by atoms with E-state index in [0.29, 0.717) is 11.3 Å². The molecular weight excluding hydrogens is 348 g/mol. The van der Waals surface area contributed by atoms with Crippen LogP contribution in [0.1, 0.15) is 5.56 Å². The smallest absolute Gasteiger partial charge is 0.289 e. The van der Waals surface area contributed by atoms with Crippen LogP contribution in [0.15, 0.2) is 53.4 Å². The van der Waals surface area contributed by atoms with Crippen molar-refractivity contribution in [1.82, 2.24) is 4.72 Å². The number of nitro groups is 1. The Kier molecular flexibility index (Phi) is 6.07. The van der Waals surface area contributed by atoms with Crippen LogP contribution in [0.25, 0.3) is 0 Å². The lowest BCUT2D eigenvalue weighted by atomic mass is 10.1. The quantitative estimate of drug-likeness (QED) is 0.540. The summed E-state index contributed by atoms with van der Waals surface area (Å²) in [6.07, 6.45) is 0.167. The maximum Gasteiger partial charge on any atom is 0.289 e. The van der Waals surface area contributed by atoms with Crippen LogP contribution in [0, 0.1) is 10.1 Å². The number of nitrogens with zero attached hydrogens (tertiary/aromatic N) is 1. The molecule has 0 aliphatic rings. The summed E-state index contributed by atoms with van der Waals surface area (Å²) < 4.78 is 32.6. The van der Waals surface area contributed by atoms with Crippen LogP contribution >= 0.6 is 0 Å². The maximum atomic E-state index is 12.5. The fourth-order valence-corrected chi connectivity index (χ4v) is 3.80. The molecule has 0 bridgehead atoms. The summed E-state index contributed by atoms with van der Waals surface area (Å²) in [5.74, 6) is 0.561. The van der Waals surface area contributed by atoms with E-state index in [4.69, 9.17) is 4.74 Å². The molecule has 134 valence electrons. The molecular formula is C16H18N2O6S. The second kappa shape index (κ2) is 8.06. The lowest BCUT2D eigenvalue weighted by molar-refractivity contribution is -0.387. The van der Waals surface area contributed by atoms with Gasteiger partial charge in [0.15, 0.2) is 4.90 Å². The third kappa shape index (κ3) is 4.53. The second-order valence-corrected chi connectivity index (χ2v) is 6.92. The van der Waals surface area contributed by atoms with Gasteiger partial charge >= 0.3 is 0 Å². The molecule has 2 rings (SSSR count). The van der Waals surface area contributed by atoms with Gasteiger partial charge in [-0.15, -0.1) is 0 Å². The molecule has 0 aromatic heterocycles. The average Bonchev–Trinajstić information content (AvgIpc) is 2.61. The molecule has 0 aliphatic heterocycles. The first kappa shape index (κ1) is 18.8. The van der Waals surface area contributed by atoms with Gasteiger partial charge in [0.25, 0.3) is 5.69 Å². The maximum absolute atomic E-state index is 12.5. The van der Waals surface area contributed by atoms with Gasteiger partial charge in [-0.3, -0.25) is 10.1 Å². The zero-order valence-electron chi connectivity index (χ0n) is 13.5. The molecule has 1 atom stereocenters. The number of nitrogens with one attached hydrogen (secondary N) is 1. The van der Waals surface area contributed by atoms with E-state index < -0.39 is 38.2 Å². The van der Waals surface area contributed by atoms with E-state index in [1.807, 2.05) is 0 Å². The molecule has 9 heteroatoms. The van der Waals surface area contributed by atoms with Crippen molar-refractivity contribution in [3.8, 4) is 5.75 Å². The van der Waals surface area contributed by atoms with E-state index in [-0.39, 0.29) is 6.42 Å². The molecule has 2 aromatic carbocycles. The van der Waals surface area contributed by atoms with Crippen molar-refractivity contribution in [2.45, 2.75) is 17.4 Å². The van der Waals surface area contributed by atoms with E-state index in [1.165, 1.54) is 19.2 Å². The van der Waals surface area contributed by atoms with Crippen LogP contribution in [0.4, 0.5) is 5.69 Å². The summed E-state index contributed by atoms with van der Waals surface area (Å²) >= 11 is 0. The summed E-state index contributed by atoms with van der Waals surface area (Å²) in [7, 11) is -2.69. The normalized spacial score (nSPS) is 12.6. The number of rotatable bonds is 8. The summed E-state index contributed by atoms with van der Waals surface area (Å²) in [6.45, 7) is -0.474. The first-order valence-corrected chi connectivity index (χ1v) is 8.86. The summed E-state index contributed by atoms with van der Waals surface area (Å²) in [5, 5.41) is 20.6. The Morgan fingerprint density at radius 2 is 1.84 bits per heavy atom. The Labute approximate surface area is 145 Å². The van der Waals surface area contributed by atoms with Crippen LogP contribution in [0.2, 0.25) is 0 Å². The fraction of sp³-hybridized carbons (Fsp3) is 0.250. The van der Waals surface area contributed by atoms with Gasteiger partial charge in [-0.25, -0.2) is 13.1 Å². The third-order valence-corrected chi connectivity index (χ3v) is 5.12. The highest BCUT2D eigenvalue weighted by atomic mass is 32.2. The second-order valence-electron chi connectivity index (χ2n) is 5.24. The zero-order chi connectivity index (χ0) is 18.4. The van der Waals surface area contributed by atoms with E-state index in [0.717, 1.165) is 12.1 Å². The van der Waals surface area contributed by atoms with Crippen LogP contribution in [0.3, 0.4) is 0 Å². The molecule has 8 nitrogen and oxygen atoms in total. The zero-order valence-corrected chi connectivity index (χ0v) is 14.3. The molecule has 2 aromatic rings. The third-order valence-electron chi connectivity index (χ3n) is 3.55. The highest BCUT2D eigenvalue weighted by Gasteiger charge is 2.27. The number of benzene rings is 2. The van der Waals surface area contributed by atoms with Crippen molar-refractivity contribution in [3.05, 3.63) is 64.2 Å². The molecule has 0 heterocycles. The fourth-order valence-electron chi connectivity index (χ4n) is 2.40. The number of para-hydroxylation sites is 2. The van der Waals surface area contributed by atoms with Gasteiger partial charge < -0.3 is 9.84 Å². The molecule has 0 amide bonds. The number of hydrogen-bond donors (Lipinski definition) is 2. The monoisotopic (exact) mass is 366 g/mol. The van der Waals surface area contributed by atoms with Crippen LogP contribution < -0.4 is 9.46 Å². The standard InChI is InChI=1S/C16H18N2O6S/c1-24-15-8-4-2-6-12(15)10-13(11-19)17-25(22,23)16-9-5-3-7-14(16)18(20)21/h2-9,13,17,19H,10-11H2,1H3/t13-/m1/s1. The molecule has 0 unspecified atom stereocenters. The van der Waals surface area contributed by atoms with Gasteiger partial charge in [0.05, 0.1) is 18.6 Å². The average molecular weight is 366 g/mol. The van der Waals surface area contributed by atoms with E-state index in [9.17, 15) is 23.6 Å². The minimum atomic E-state index is -4.18. The molecule has 2 N–H and O–H groups in total. The topological polar surface area (TPSA) is 119 Å². The van der Waals surface area contributed by atoms with Crippen molar-refractivity contribution < 1.29 is 23.2 Å². The van der Waals surface area contributed by atoms with Gasteiger partial charge in [0, 0.05) is 12.1 Å². The first-order chi connectivity index (χ1) is 11.9. The van der Waals surface area contributed by atoms with Crippen molar-refractivity contribution >= 4 is 15.7 Å². The van der Waals surface area contributed by atoms with Gasteiger partial charge in [-0.2, -0.15) is 0 Å². The van der Waals surface area contributed by atoms with Crippen molar-refractivity contribution in [3.63, 3.8) is 0 Å². The number of ether oxygens (including phenoxy) is 1. The van der Waals surface area contributed by atoms with Gasteiger partial charge in [-0.05, 0) is 24.1 Å². The van der Waals surface area contributed by atoms with Gasteiger partial charge in [-0.1, -0.05) is 30.3 Å². The van der Waals surface area contributed by atoms with Crippen molar-refractivity contribution in [2.24, 2.45) is 0 Å². The minimum Gasteiger partial charge on any atom is -0.496 e. The Hall–Kier alpha value is -2.49. The Balaban J connectivity index is 2.28. The van der Waals surface area contributed by atoms with Gasteiger partial charge in [0.2, 0.25) is 10.0 Å². The highest BCUT2D eigenvalue weighted by molar-refractivity contribution is 7.89. The Morgan fingerprint density at radius 1 is 1.20 bits per heavy atom.